The predicted octanol–water partition coefficient (Wildman–Crippen LogP) is 2.31. The van der Waals surface area contributed by atoms with Crippen LogP contribution >= 0.6 is 11.3 Å². The van der Waals surface area contributed by atoms with Gasteiger partial charge in [0.05, 0.1) is 17.1 Å². The number of morpholine rings is 1. The fraction of sp³-hybridized carbons (Fsp3) is 0.583. The lowest BCUT2D eigenvalue weighted by molar-refractivity contribution is -0.0585. The van der Waals surface area contributed by atoms with Crippen LogP contribution in [0.5, 0.6) is 0 Å². The molecule has 1 aromatic rings. The van der Waals surface area contributed by atoms with Gasteiger partial charge in [-0.15, -0.1) is 11.3 Å². The first-order valence-corrected chi connectivity index (χ1v) is 6.39. The molecule has 4 heteroatoms. The number of thiophene rings is 1. The Balaban J connectivity index is 2.09. The van der Waals surface area contributed by atoms with Crippen molar-refractivity contribution >= 4 is 17.2 Å². The molecule has 0 N–H and O–H groups in total. The zero-order valence-corrected chi connectivity index (χ0v) is 10.7. The summed E-state index contributed by atoms with van der Waals surface area (Å²) in [5.41, 5.74) is 0. The number of nitrogens with zero attached hydrogens (tertiary/aromatic N) is 1. The van der Waals surface area contributed by atoms with Gasteiger partial charge in [0.25, 0.3) is 5.91 Å². The second kappa shape index (κ2) is 4.55. The number of hydrogen-bond donors (Lipinski definition) is 0. The van der Waals surface area contributed by atoms with E-state index in [1.807, 2.05) is 37.8 Å². The van der Waals surface area contributed by atoms with Gasteiger partial charge in [-0.05, 0) is 32.9 Å². The van der Waals surface area contributed by atoms with Gasteiger partial charge in [0, 0.05) is 18.0 Å². The van der Waals surface area contributed by atoms with Crippen molar-refractivity contribution in [3.63, 3.8) is 0 Å². The van der Waals surface area contributed by atoms with Crippen molar-refractivity contribution in [1.82, 2.24) is 4.90 Å². The third kappa shape index (κ3) is 2.44. The topological polar surface area (TPSA) is 29.5 Å². The number of ether oxygens (including phenoxy) is 1. The number of rotatable bonds is 1. The molecule has 88 valence electrons. The SMILES string of the molecule is Cc1ccc(C(=O)N2CC(C)OC(C)C2)s1. The van der Waals surface area contributed by atoms with Crippen molar-refractivity contribution in [3.05, 3.63) is 21.9 Å². The number of amides is 1. The second-order valence-corrected chi connectivity index (χ2v) is 5.67. The third-order valence-electron chi connectivity index (χ3n) is 2.66. The van der Waals surface area contributed by atoms with Crippen molar-refractivity contribution < 1.29 is 9.53 Å². The average molecular weight is 239 g/mol. The molecule has 16 heavy (non-hydrogen) atoms. The molecule has 0 spiro atoms. The minimum atomic E-state index is 0.133. The molecule has 0 aromatic carbocycles. The van der Waals surface area contributed by atoms with Crippen LogP contribution in [0.1, 0.15) is 28.4 Å². The second-order valence-electron chi connectivity index (χ2n) is 4.38. The monoisotopic (exact) mass is 239 g/mol. The van der Waals surface area contributed by atoms with E-state index in [4.69, 9.17) is 4.74 Å². The van der Waals surface area contributed by atoms with Gasteiger partial charge in [-0.25, -0.2) is 0 Å². The average Bonchev–Trinajstić information content (AvgIpc) is 2.62. The van der Waals surface area contributed by atoms with E-state index < -0.39 is 0 Å². The molecule has 1 fully saturated rings. The molecular formula is C12H17NO2S. The molecule has 1 amide bonds. The summed E-state index contributed by atoms with van der Waals surface area (Å²) < 4.78 is 5.62. The van der Waals surface area contributed by atoms with Crippen molar-refractivity contribution in [2.24, 2.45) is 0 Å². The molecule has 0 saturated carbocycles. The highest BCUT2D eigenvalue weighted by molar-refractivity contribution is 7.13. The van der Waals surface area contributed by atoms with Gasteiger partial charge < -0.3 is 9.64 Å². The zero-order chi connectivity index (χ0) is 11.7. The Morgan fingerprint density at radius 2 is 2.00 bits per heavy atom. The van der Waals surface area contributed by atoms with E-state index in [0.29, 0.717) is 13.1 Å². The minimum absolute atomic E-state index is 0.133. The summed E-state index contributed by atoms with van der Waals surface area (Å²) in [6, 6.07) is 3.90. The lowest BCUT2D eigenvalue weighted by Gasteiger charge is -2.35. The molecule has 1 aliphatic heterocycles. The summed E-state index contributed by atoms with van der Waals surface area (Å²) in [6.07, 6.45) is 0.266. The smallest absolute Gasteiger partial charge is 0.264 e. The number of carbonyl (C=O) groups excluding carboxylic acids is 1. The standard InChI is InChI=1S/C12H17NO2S/c1-8-6-13(7-9(2)15-8)12(14)11-5-4-10(3)16-11/h4-5,8-9H,6-7H2,1-3H3. The summed E-state index contributed by atoms with van der Waals surface area (Å²) in [4.78, 5) is 16.1. The fourth-order valence-corrected chi connectivity index (χ4v) is 2.88. The third-order valence-corrected chi connectivity index (χ3v) is 3.65. The Hall–Kier alpha value is -0.870. The van der Waals surface area contributed by atoms with E-state index in [2.05, 4.69) is 0 Å². The maximum absolute atomic E-state index is 12.2. The molecule has 0 aliphatic carbocycles. The summed E-state index contributed by atoms with van der Waals surface area (Å²) in [5, 5.41) is 0. The first kappa shape index (κ1) is 11.6. The molecule has 1 saturated heterocycles. The first-order valence-electron chi connectivity index (χ1n) is 5.57. The van der Waals surface area contributed by atoms with Gasteiger partial charge in [0.1, 0.15) is 0 Å². The number of hydrogen-bond acceptors (Lipinski definition) is 3. The molecule has 2 heterocycles. The Morgan fingerprint density at radius 3 is 2.50 bits per heavy atom. The summed E-state index contributed by atoms with van der Waals surface area (Å²) in [7, 11) is 0. The van der Waals surface area contributed by atoms with Gasteiger partial charge in [0.2, 0.25) is 0 Å². The maximum atomic E-state index is 12.2. The highest BCUT2D eigenvalue weighted by Gasteiger charge is 2.27. The van der Waals surface area contributed by atoms with E-state index >= 15 is 0 Å². The van der Waals surface area contributed by atoms with Gasteiger partial charge in [0.15, 0.2) is 0 Å². The van der Waals surface area contributed by atoms with Crippen LogP contribution in [0.3, 0.4) is 0 Å². The van der Waals surface area contributed by atoms with Crippen LogP contribution in [0, 0.1) is 6.92 Å². The van der Waals surface area contributed by atoms with Crippen LogP contribution in [0.15, 0.2) is 12.1 Å². The predicted molar refractivity (Wildman–Crippen MR) is 65.0 cm³/mol. The van der Waals surface area contributed by atoms with Crippen LogP contribution in [-0.4, -0.2) is 36.1 Å². The molecule has 2 atom stereocenters. The Kier molecular flexibility index (Phi) is 3.30. The molecular weight excluding hydrogens is 222 g/mol. The highest BCUT2D eigenvalue weighted by atomic mass is 32.1. The Labute approximate surface area is 100 Å². The largest absolute Gasteiger partial charge is 0.372 e. The fourth-order valence-electron chi connectivity index (χ4n) is 2.05. The van der Waals surface area contributed by atoms with Crippen LogP contribution in [0.4, 0.5) is 0 Å². The Morgan fingerprint density at radius 1 is 1.38 bits per heavy atom. The first-order chi connectivity index (χ1) is 7.56. The molecule has 0 radical (unpaired) electrons. The lowest BCUT2D eigenvalue weighted by atomic mass is 10.2. The molecule has 0 bridgehead atoms. The maximum Gasteiger partial charge on any atom is 0.264 e. The van der Waals surface area contributed by atoms with Crippen molar-refractivity contribution in [3.8, 4) is 0 Å². The van der Waals surface area contributed by atoms with Crippen LogP contribution < -0.4 is 0 Å². The van der Waals surface area contributed by atoms with Gasteiger partial charge in [-0.1, -0.05) is 0 Å². The normalized spacial score (nSPS) is 25.8. The van der Waals surface area contributed by atoms with Crippen LogP contribution in [-0.2, 0) is 4.74 Å². The number of carbonyl (C=O) groups is 1. The minimum Gasteiger partial charge on any atom is -0.372 e. The van der Waals surface area contributed by atoms with Crippen molar-refractivity contribution in [2.45, 2.75) is 33.0 Å². The molecule has 2 unspecified atom stereocenters. The van der Waals surface area contributed by atoms with Crippen LogP contribution in [0.2, 0.25) is 0 Å². The highest BCUT2D eigenvalue weighted by Crippen LogP contribution is 2.20. The van der Waals surface area contributed by atoms with E-state index in [1.165, 1.54) is 4.88 Å². The van der Waals surface area contributed by atoms with Crippen LogP contribution in [0.25, 0.3) is 0 Å². The van der Waals surface area contributed by atoms with Crippen molar-refractivity contribution in [2.75, 3.05) is 13.1 Å². The van der Waals surface area contributed by atoms with E-state index in [9.17, 15) is 4.79 Å². The molecule has 1 aromatic heterocycles. The van der Waals surface area contributed by atoms with Gasteiger partial charge in [-0.3, -0.25) is 4.79 Å². The molecule has 1 aliphatic rings. The summed E-state index contributed by atoms with van der Waals surface area (Å²) in [5.74, 6) is 0.139. The van der Waals surface area contributed by atoms with Crippen molar-refractivity contribution in [1.29, 1.82) is 0 Å². The zero-order valence-electron chi connectivity index (χ0n) is 9.90. The lowest BCUT2D eigenvalue weighted by Crippen LogP contribution is -2.48. The van der Waals surface area contributed by atoms with E-state index in [1.54, 1.807) is 11.3 Å². The van der Waals surface area contributed by atoms with E-state index in [-0.39, 0.29) is 18.1 Å². The quantitative estimate of drug-likeness (QED) is 0.752. The molecule has 2 rings (SSSR count). The van der Waals surface area contributed by atoms with E-state index in [0.717, 1.165) is 4.88 Å². The summed E-state index contributed by atoms with van der Waals surface area (Å²) >= 11 is 1.56. The number of aryl methyl sites for hydroxylation is 1. The molecule has 3 nitrogen and oxygen atoms in total. The van der Waals surface area contributed by atoms with Gasteiger partial charge >= 0.3 is 0 Å². The Bertz CT molecular complexity index is 378. The van der Waals surface area contributed by atoms with Gasteiger partial charge in [-0.2, -0.15) is 0 Å². The summed E-state index contributed by atoms with van der Waals surface area (Å²) in [6.45, 7) is 7.43.